The second kappa shape index (κ2) is 4.33. The summed E-state index contributed by atoms with van der Waals surface area (Å²) in [5.41, 5.74) is 0. The molecule has 0 spiro atoms. The van der Waals surface area contributed by atoms with Crippen LogP contribution >= 0.6 is 26.3 Å². The molecule has 0 atom stereocenters. The summed E-state index contributed by atoms with van der Waals surface area (Å²) in [5, 5.41) is 1.28. The molecule has 0 saturated heterocycles. The SMILES string of the molecule is CC(C)(C)P(I)(C(C)(C)C)(C(C)(C)C)C(C)(C)C. The van der Waals surface area contributed by atoms with E-state index in [4.69, 9.17) is 0 Å². The molecule has 0 fully saturated rings. The molecule has 0 rings (SSSR count). The third kappa shape index (κ3) is 1.85. The van der Waals surface area contributed by atoms with Crippen molar-refractivity contribution >= 4 is 26.3 Å². The van der Waals surface area contributed by atoms with Gasteiger partial charge in [0.2, 0.25) is 0 Å². The fourth-order valence-electron chi connectivity index (χ4n) is 6.04. The second-order valence-corrected chi connectivity index (χ2v) is 22.9. The maximum atomic E-state index is 2.97. The van der Waals surface area contributed by atoms with Crippen LogP contribution in [0.5, 0.6) is 0 Å². The summed E-state index contributed by atoms with van der Waals surface area (Å²) in [6.45, 7) is 29.7. The molecule has 0 saturated carbocycles. The first-order valence-corrected chi connectivity index (χ1v) is 12.1. The molecule has 0 bridgehead atoms. The Kier molecular flexibility index (Phi) is 4.60. The van der Waals surface area contributed by atoms with Crippen molar-refractivity contribution in [3.05, 3.63) is 0 Å². The van der Waals surface area contributed by atoms with E-state index in [1.54, 1.807) is 0 Å². The van der Waals surface area contributed by atoms with Gasteiger partial charge in [-0.1, -0.05) is 0 Å². The third-order valence-electron chi connectivity index (χ3n) is 5.04. The predicted octanol–water partition coefficient (Wildman–Crippen LogP) is 7.08. The molecule has 0 heterocycles. The van der Waals surface area contributed by atoms with E-state index in [-0.39, 0.29) is 0 Å². The Morgan fingerprint density at radius 3 is 0.556 bits per heavy atom. The molecule has 0 aromatic carbocycles. The Bertz CT molecular complexity index is 247. The van der Waals surface area contributed by atoms with Gasteiger partial charge in [0, 0.05) is 0 Å². The summed E-state index contributed by atoms with van der Waals surface area (Å²) in [6, 6.07) is 0. The fourth-order valence-corrected chi connectivity index (χ4v) is 18.1. The molecule has 0 aromatic heterocycles. The zero-order chi connectivity index (χ0) is 15.4. The Hall–Kier alpha value is 1.16. The van der Waals surface area contributed by atoms with E-state index in [9.17, 15) is 0 Å². The van der Waals surface area contributed by atoms with Crippen LogP contribution in [0.15, 0.2) is 0 Å². The zero-order valence-corrected chi connectivity index (χ0v) is 17.9. The summed E-state index contributed by atoms with van der Waals surface area (Å²) in [4.78, 5) is 0. The molecular formula is C16H36IP. The van der Waals surface area contributed by atoms with Crippen molar-refractivity contribution < 1.29 is 0 Å². The number of hydrogen-bond donors (Lipinski definition) is 0. The van der Waals surface area contributed by atoms with Crippen molar-refractivity contribution in [3.63, 3.8) is 0 Å². The van der Waals surface area contributed by atoms with Crippen LogP contribution in [0.4, 0.5) is 0 Å². The summed E-state index contributed by atoms with van der Waals surface area (Å²) in [7, 11) is 0. The predicted molar refractivity (Wildman–Crippen MR) is 100.0 cm³/mol. The van der Waals surface area contributed by atoms with Crippen LogP contribution in [-0.2, 0) is 0 Å². The Morgan fingerprint density at radius 2 is 0.556 bits per heavy atom. The first-order valence-electron chi connectivity index (χ1n) is 7.06. The summed E-state index contributed by atoms with van der Waals surface area (Å²) < 4.78 is -2.14. The van der Waals surface area contributed by atoms with E-state index in [0.717, 1.165) is 0 Å². The summed E-state index contributed by atoms with van der Waals surface area (Å²) in [6.07, 6.45) is 0. The van der Waals surface area contributed by atoms with Crippen LogP contribution in [-0.4, -0.2) is 20.6 Å². The Morgan fingerprint density at radius 1 is 0.444 bits per heavy atom. The fraction of sp³-hybridized carbons (Fsp3) is 1.00. The molecule has 0 N–H and O–H groups in total. The Balaban J connectivity index is 6.90. The molecule has 2 heteroatoms. The van der Waals surface area contributed by atoms with Crippen molar-refractivity contribution in [3.8, 4) is 0 Å². The first kappa shape index (κ1) is 19.2. The van der Waals surface area contributed by atoms with Crippen LogP contribution in [0.3, 0.4) is 0 Å². The number of rotatable bonds is 0. The van der Waals surface area contributed by atoms with E-state index in [1.807, 2.05) is 0 Å². The second-order valence-electron chi connectivity index (χ2n) is 9.69. The van der Waals surface area contributed by atoms with Gasteiger partial charge in [-0.15, -0.1) is 0 Å². The van der Waals surface area contributed by atoms with Crippen molar-refractivity contribution in [2.45, 2.75) is 104 Å². The average Bonchev–Trinajstić information content (AvgIpc) is 1.92. The Labute approximate surface area is 129 Å². The van der Waals surface area contributed by atoms with Gasteiger partial charge in [-0.2, -0.15) is 0 Å². The van der Waals surface area contributed by atoms with Gasteiger partial charge in [0.25, 0.3) is 0 Å². The van der Waals surface area contributed by atoms with Crippen LogP contribution in [0.2, 0.25) is 0 Å². The van der Waals surface area contributed by atoms with Crippen LogP contribution in [0.25, 0.3) is 0 Å². The van der Waals surface area contributed by atoms with Crippen LogP contribution in [0.1, 0.15) is 83.1 Å². The van der Waals surface area contributed by atoms with Gasteiger partial charge in [0.1, 0.15) is 0 Å². The molecular weight excluding hydrogens is 350 g/mol. The van der Waals surface area contributed by atoms with E-state index >= 15 is 0 Å². The molecule has 0 nitrogen and oxygen atoms in total. The monoisotopic (exact) mass is 386 g/mol. The van der Waals surface area contributed by atoms with Crippen molar-refractivity contribution in [1.82, 2.24) is 0 Å². The first-order chi connectivity index (χ1) is 7.34. The van der Waals surface area contributed by atoms with Crippen LogP contribution in [0, 0.1) is 0 Å². The van der Waals surface area contributed by atoms with Crippen molar-refractivity contribution in [2.24, 2.45) is 0 Å². The third-order valence-corrected chi connectivity index (χ3v) is 32.5. The molecule has 0 aliphatic heterocycles. The molecule has 0 amide bonds. The average molecular weight is 386 g/mol. The molecule has 112 valence electrons. The van der Waals surface area contributed by atoms with Gasteiger partial charge < -0.3 is 0 Å². The minimum absolute atomic E-state index is 0.320. The quantitative estimate of drug-likeness (QED) is 0.308. The van der Waals surface area contributed by atoms with Gasteiger partial charge >= 0.3 is 130 Å². The molecule has 0 aliphatic rings. The van der Waals surface area contributed by atoms with E-state index in [0.29, 0.717) is 20.6 Å². The standard InChI is InChI=1S/C16H36IP/c1-13(2,3)18(17,14(4,5)6,15(7,8)9)16(10,11)12/h1-12H3. The van der Waals surface area contributed by atoms with E-state index < -0.39 is 4.25 Å². The maximum absolute atomic E-state index is 2.97. The van der Waals surface area contributed by atoms with Gasteiger partial charge in [-0.25, -0.2) is 0 Å². The van der Waals surface area contributed by atoms with E-state index in [1.165, 1.54) is 0 Å². The summed E-state index contributed by atoms with van der Waals surface area (Å²) >= 11 is 2.97. The number of hydrogen-bond acceptors (Lipinski definition) is 0. The summed E-state index contributed by atoms with van der Waals surface area (Å²) in [5.74, 6) is 0. The van der Waals surface area contributed by atoms with Gasteiger partial charge in [0.05, 0.1) is 0 Å². The minimum atomic E-state index is -2.14. The normalized spacial score (nSPS) is 18.4. The molecule has 0 unspecified atom stereocenters. The molecule has 0 aliphatic carbocycles. The molecule has 0 aromatic rings. The number of halogens is 1. The molecule has 18 heavy (non-hydrogen) atoms. The molecule has 0 radical (unpaired) electrons. The van der Waals surface area contributed by atoms with Crippen molar-refractivity contribution in [1.29, 1.82) is 0 Å². The van der Waals surface area contributed by atoms with Gasteiger partial charge in [0.15, 0.2) is 0 Å². The van der Waals surface area contributed by atoms with E-state index in [2.05, 4.69) is 105 Å². The van der Waals surface area contributed by atoms with Gasteiger partial charge in [-0.05, 0) is 0 Å². The van der Waals surface area contributed by atoms with Crippen molar-refractivity contribution in [2.75, 3.05) is 0 Å². The topological polar surface area (TPSA) is 0 Å². The zero-order valence-electron chi connectivity index (χ0n) is 14.8. The van der Waals surface area contributed by atoms with Crippen LogP contribution < -0.4 is 0 Å². The van der Waals surface area contributed by atoms with Gasteiger partial charge in [-0.3, -0.25) is 0 Å².